The average molecular weight is 418 g/mol. The van der Waals surface area contributed by atoms with Crippen LogP contribution in [0.5, 0.6) is 5.75 Å². The number of ether oxygens (including phenoxy) is 1. The van der Waals surface area contributed by atoms with Crippen LogP contribution in [0.3, 0.4) is 0 Å². The molecular formula is C22H27FN2O5. The number of likely N-dealkylation sites (tertiary alicyclic amines) is 1. The highest BCUT2D eigenvalue weighted by atomic mass is 19.1. The van der Waals surface area contributed by atoms with E-state index in [9.17, 15) is 23.9 Å². The Kier molecular flexibility index (Phi) is 5.53. The molecule has 0 radical (unpaired) electrons. The molecule has 3 fully saturated rings. The van der Waals surface area contributed by atoms with Crippen molar-refractivity contribution in [1.29, 1.82) is 0 Å². The van der Waals surface area contributed by atoms with Gasteiger partial charge in [0.15, 0.2) is 5.78 Å². The third-order valence-electron chi connectivity index (χ3n) is 6.65. The van der Waals surface area contributed by atoms with Gasteiger partial charge in [-0.15, -0.1) is 0 Å². The number of halogens is 1. The standard InChI is InChI=1S/C22H27FN2O5/c1-22(8-2-3-9-22)10-16(24-20(28)13-4-6-14(26)7-5-13)21(29)25-11-15(23)19-18(25)17(27)12-30-19/h4-7,15-16,18-19,26H,2-3,8-12H2,1H3,(H,24,28)/t15-,16-,18+,19+/m0/s1. The minimum Gasteiger partial charge on any atom is -0.508 e. The summed E-state index contributed by atoms with van der Waals surface area (Å²) in [5, 5.41) is 12.2. The molecule has 1 saturated carbocycles. The molecule has 30 heavy (non-hydrogen) atoms. The van der Waals surface area contributed by atoms with E-state index in [2.05, 4.69) is 12.2 Å². The number of nitrogens with zero attached hydrogens (tertiary/aromatic N) is 1. The molecular weight excluding hydrogens is 391 g/mol. The first-order valence-corrected chi connectivity index (χ1v) is 10.5. The number of alkyl halides is 1. The number of phenolic OH excluding ortho intramolecular Hbond substituents is 1. The number of hydrogen-bond acceptors (Lipinski definition) is 5. The minimum atomic E-state index is -1.42. The molecule has 4 rings (SSSR count). The molecule has 0 spiro atoms. The SMILES string of the molecule is CC1(C[C@H](NC(=O)c2ccc(O)cc2)C(=O)N2C[C@H](F)[C@H]3OCC(=O)[C@H]32)CCCC1. The molecule has 0 aromatic heterocycles. The average Bonchev–Trinajstić information content (AvgIpc) is 3.40. The summed E-state index contributed by atoms with van der Waals surface area (Å²) < 4.78 is 19.6. The third kappa shape index (κ3) is 3.93. The number of aromatic hydroxyl groups is 1. The molecule has 8 heteroatoms. The van der Waals surface area contributed by atoms with Crippen molar-refractivity contribution in [2.45, 2.75) is 63.4 Å². The molecule has 2 aliphatic heterocycles. The number of nitrogens with one attached hydrogen (secondary N) is 1. The zero-order chi connectivity index (χ0) is 21.5. The summed E-state index contributed by atoms with van der Waals surface area (Å²) in [4.78, 5) is 39.7. The van der Waals surface area contributed by atoms with Gasteiger partial charge in [0.05, 0.1) is 6.54 Å². The summed E-state index contributed by atoms with van der Waals surface area (Å²) in [5.74, 6) is -1.15. The van der Waals surface area contributed by atoms with Crippen LogP contribution in [0.1, 0.15) is 49.4 Å². The Balaban J connectivity index is 1.56. The first-order valence-electron chi connectivity index (χ1n) is 10.5. The van der Waals surface area contributed by atoms with Crippen LogP contribution < -0.4 is 5.32 Å². The minimum absolute atomic E-state index is 0.0366. The van der Waals surface area contributed by atoms with E-state index in [1.54, 1.807) is 0 Å². The molecule has 1 aliphatic carbocycles. The lowest BCUT2D eigenvalue weighted by atomic mass is 9.81. The first kappa shape index (κ1) is 20.8. The highest BCUT2D eigenvalue weighted by Crippen LogP contribution is 2.42. The van der Waals surface area contributed by atoms with Crippen LogP contribution in [0.2, 0.25) is 0 Å². The number of amides is 2. The van der Waals surface area contributed by atoms with Crippen LogP contribution in [0, 0.1) is 5.41 Å². The quantitative estimate of drug-likeness (QED) is 0.762. The Morgan fingerprint density at radius 3 is 2.63 bits per heavy atom. The highest BCUT2D eigenvalue weighted by molar-refractivity contribution is 5.99. The van der Waals surface area contributed by atoms with Crippen molar-refractivity contribution >= 4 is 17.6 Å². The Morgan fingerprint density at radius 2 is 1.97 bits per heavy atom. The van der Waals surface area contributed by atoms with Crippen molar-refractivity contribution in [3.05, 3.63) is 29.8 Å². The zero-order valence-electron chi connectivity index (χ0n) is 17.0. The lowest BCUT2D eigenvalue weighted by Gasteiger charge is -2.32. The van der Waals surface area contributed by atoms with E-state index in [-0.39, 0.29) is 30.1 Å². The van der Waals surface area contributed by atoms with E-state index >= 15 is 0 Å². The maximum absolute atomic E-state index is 14.4. The molecule has 162 valence electrons. The Bertz CT molecular complexity index is 836. The van der Waals surface area contributed by atoms with Crippen LogP contribution in [-0.2, 0) is 14.3 Å². The van der Waals surface area contributed by atoms with Crippen molar-refractivity contribution in [3.8, 4) is 5.75 Å². The van der Waals surface area contributed by atoms with Crippen molar-refractivity contribution in [1.82, 2.24) is 10.2 Å². The lowest BCUT2D eigenvalue weighted by molar-refractivity contribution is -0.138. The van der Waals surface area contributed by atoms with Gasteiger partial charge in [0.25, 0.3) is 5.91 Å². The van der Waals surface area contributed by atoms with Crippen LogP contribution in [0.4, 0.5) is 4.39 Å². The molecule has 2 amide bonds. The van der Waals surface area contributed by atoms with Crippen molar-refractivity contribution in [2.24, 2.45) is 5.41 Å². The molecule has 1 aromatic rings. The van der Waals surface area contributed by atoms with E-state index in [1.165, 1.54) is 29.2 Å². The van der Waals surface area contributed by atoms with Gasteiger partial charge in [0.1, 0.15) is 36.7 Å². The van der Waals surface area contributed by atoms with Crippen LogP contribution >= 0.6 is 0 Å². The molecule has 4 atom stereocenters. The molecule has 2 saturated heterocycles. The fourth-order valence-electron chi connectivity index (χ4n) is 5.00. The molecule has 2 N–H and O–H groups in total. The van der Waals surface area contributed by atoms with Gasteiger partial charge in [0, 0.05) is 5.56 Å². The maximum atomic E-state index is 14.4. The zero-order valence-corrected chi connectivity index (χ0v) is 17.0. The van der Waals surface area contributed by atoms with Crippen LogP contribution in [-0.4, -0.2) is 65.1 Å². The first-order chi connectivity index (χ1) is 14.3. The third-order valence-corrected chi connectivity index (χ3v) is 6.65. The molecule has 0 bridgehead atoms. The van der Waals surface area contributed by atoms with Gasteiger partial charge in [-0.2, -0.15) is 0 Å². The number of rotatable bonds is 5. The number of carbonyl (C=O) groups excluding carboxylic acids is 3. The van der Waals surface area contributed by atoms with E-state index in [4.69, 9.17) is 4.74 Å². The van der Waals surface area contributed by atoms with Gasteiger partial charge < -0.3 is 20.1 Å². The predicted octanol–water partition coefficient (Wildman–Crippen LogP) is 1.98. The second kappa shape index (κ2) is 7.98. The summed E-state index contributed by atoms with van der Waals surface area (Å²) in [6.07, 6.45) is 2.12. The number of fused-ring (bicyclic) bond motifs is 1. The van der Waals surface area contributed by atoms with E-state index in [0.717, 1.165) is 25.7 Å². The number of Topliss-reactive ketones (excluding diaryl/α,β-unsaturated/α-hetero) is 1. The van der Waals surface area contributed by atoms with Crippen LogP contribution in [0.25, 0.3) is 0 Å². The van der Waals surface area contributed by atoms with E-state index < -0.39 is 36.2 Å². The summed E-state index contributed by atoms with van der Waals surface area (Å²) in [6.45, 7) is 1.70. The maximum Gasteiger partial charge on any atom is 0.251 e. The van der Waals surface area contributed by atoms with Gasteiger partial charge in [-0.05, 0) is 48.9 Å². The van der Waals surface area contributed by atoms with E-state index in [0.29, 0.717) is 12.0 Å². The number of benzene rings is 1. The summed E-state index contributed by atoms with van der Waals surface area (Å²) >= 11 is 0. The van der Waals surface area contributed by atoms with Crippen molar-refractivity contribution < 1.29 is 28.6 Å². The lowest BCUT2D eigenvalue weighted by Crippen LogP contribution is -2.53. The Hall–Kier alpha value is -2.48. The summed E-state index contributed by atoms with van der Waals surface area (Å²) in [7, 11) is 0. The Labute approximate surface area is 174 Å². The molecule has 7 nitrogen and oxygen atoms in total. The molecule has 1 aromatic carbocycles. The fraction of sp³-hybridized carbons (Fsp3) is 0.591. The fourth-order valence-corrected chi connectivity index (χ4v) is 5.00. The molecule has 2 heterocycles. The number of ketones is 1. The van der Waals surface area contributed by atoms with Gasteiger partial charge in [-0.25, -0.2) is 4.39 Å². The second-order valence-electron chi connectivity index (χ2n) is 8.99. The van der Waals surface area contributed by atoms with Gasteiger partial charge >= 0.3 is 0 Å². The predicted molar refractivity (Wildman–Crippen MR) is 106 cm³/mol. The molecule has 3 aliphatic rings. The number of hydrogen-bond donors (Lipinski definition) is 2. The second-order valence-corrected chi connectivity index (χ2v) is 8.99. The largest absolute Gasteiger partial charge is 0.508 e. The van der Waals surface area contributed by atoms with Crippen molar-refractivity contribution in [3.63, 3.8) is 0 Å². The van der Waals surface area contributed by atoms with Gasteiger partial charge in [0.2, 0.25) is 5.91 Å². The normalized spacial score (nSPS) is 28.4. The summed E-state index contributed by atoms with van der Waals surface area (Å²) in [6, 6.07) is 3.96. The summed E-state index contributed by atoms with van der Waals surface area (Å²) in [5.41, 5.74) is 0.206. The number of phenols is 1. The highest BCUT2D eigenvalue weighted by Gasteiger charge is 2.54. The topological polar surface area (TPSA) is 95.9 Å². The van der Waals surface area contributed by atoms with Gasteiger partial charge in [-0.1, -0.05) is 19.8 Å². The van der Waals surface area contributed by atoms with Crippen molar-refractivity contribution in [2.75, 3.05) is 13.2 Å². The Morgan fingerprint density at radius 1 is 1.30 bits per heavy atom. The van der Waals surface area contributed by atoms with Crippen LogP contribution in [0.15, 0.2) is 24.3 Å². The smallest absolute Gasteiger partial charge is 0.251 e. The molecule has 0 unspecified atom stereocenters. The van der Waals surface area contributed by atoms with Gasteiger partial charge in [-0.3, -0.25) is 14.4 Å². The monoisotopic (exact) mass is 418 g/mol. The number of carbonyl (C=O) groups is 3. The van der Waals surface area contributed by atoms with E-state index in [1.807, 2.05) is 0 Å².